The number of likely N-dealkylation sites (N-methyl/N-ethyl adjacent to an activating group) is 9. The number of carbonyl (C=O) groups is 14. The van der Waals surface area contributed by atoms with Gasteiger partial charge >= 0.3 is 5.97 Å². The van der Waals surface area contributed by atoms with Crippen LogP contribution in [-0.2, 0) is 67.1 Å². The van der Waals surface area contributed by atoms with Gasteiger partial charge in [-0.3, -0.25) is 67.2 Å². The zero-order valence-corrected chi connectivity index (χ0v) is 39.1. The monoisotopic (exact) mass is 938 g/mol. The van der Waals surface area contributed by atoms with Crippen LogP contribution in [0.2, 0.25) is 0 Å². The van der Waals surface area contributed by atoms with Gasteiger partial charge in [0.1, 0.15) is 0 Å². The molecule has 1 aliphatic rings. The third kappa shape index (κ3) is 18.5. The number of carbonyl (C=O) groups excluding carboxylic acids is 13. The van der Waals surface area contributed by atoms with Gasteiger partial charge in [0.25, 0.3) is 0 Å². The van der Waals surface area contributed by atoms with E-state index in [1.807, 2.05) is 0 Å². The fourth-order valence-corrected chi connectivity index (χ4v) is 5.61. The first-order chi connectivity index (χ1) is 30.6. The highest BCUT2D eigenvalue weighted by Gasteiger charge is 2.39. The van der Waals surface area contributed by atoms with Crippen LogP contribution in [0.3, 0.4) is 0 Å². The van der Waals surface area contributed by atoms with Crippen molar-refractivity contribution in [3.63, 3.8) is 0 Å². The summed E-state index contributed by atoms with van der Waals surface area (Å²) >= 11 is 0. The minimum Gasteiger partial charge on any atom is -0.480 e. The van der Waals surface area contributed by atoms with E-state index in [-0.39, 0.29) is 38.3 Å². The molecule has 0 aromatic rings. The first-order valence-electron chi connectivity index (χ1n) is 20.4. The van der Waals surface area contributed by atoms with E-state index in [1.54, 1.807) is 6.92 Å². The van der Waals surface area contributed by atoms with E-state index in [0.29, 0.717) is 4.90 Å². The quantitative estimate of drug-likeness (QED) is 0.0717. The summed E-state index contributed by atoms with van der Waals surface area (Å²) in [4.78, 5) is 184. The maximum atomic E-state index is 12.9. The molecule has 3 N–H and O–H groups in total. The van der Waals surface area contributed by atoms with Crippen LogP contribution < -0.4 is 10.6 Å². The molecule has 0 saturated carbocycles. The van der Waals surface area contributed by atoms with E-state index in [0.717, 1.165) is 39.2 Å². The number of likely N-dealkylation sites (tertiary alicyclic amines) is 1. The van der Waals surface area contributed by atoms with E-state index < -0.39 is 142 Å². The van der Waals surface area contributed by atoms with Crippen molar-refractivity contribution in [3.8, 4) is 0 Å². The molecule has 13 amide bonds. The lowest BCUT2D eigenvalue weighted by Crippen LogP contribution is -2.52. The second kappa shape index (κ2) is 26.5. The Balaban J connectivity index is 2.51. The maximum Gasteiger partial charge on any atom is 0.328 e. The lowest BCUT2D eigenvalue weighted by molar-refractivity contribution is -0.154. The fourth-order valence-electron chi connectivity index (χ4n) is 5.61. The Bertz CT molecular complexity index is 1900. The Kier molecular flexibility index (Phi) is 22.8. The Morgan fingerprint density at radius 2 is 0.697 bits per heavy atom. The highest BCUT2D eigenvalue weighted by Crippen LogP contribution is 2.15. The number of nitrogens with zero attached hydrogens (tertiary/aromatic N) is 10. The van der Waals surface area contributed by atoms with Gasteiger partial charge in [-0.2, -0.15) is 0 Å². The average Bonchev–Trinajstić information content (AvgIpc) is 3.57. The highest BCUT2D eigenvalue weighted by atomic mass is 16.4. The zero-order valence-electron chi connectivity index (χ0n) is 39.1. The highest BCUT2D eigenvalue weighted by molar-refractivity contribution is 6.05. The molecule has 0 unspecified atom stereocenters. The lowest BCUT2D eigenvalue weighted by Gasteiger charge is -2.27. The number of rotatable bonds is 25. The van der Waals surface area contributed by atoms with Crippen molar-refractivity contribution in [2.24, 2.45) is 0 Å². The fraction of sp³-hybridized carbons (Fsp3) is 0.641. The largest absolute Gasteiger partial charge is 0.480 e. The number of carboxylic acid groups (broad SMARTS) is 1. The van der Waals surface area contributed by atoms with Crippen LogP contribution in [0.15, 0.2) is 0 Å². The Morgan fingerprint density at radius 1 is 0.439 bits per heavy atom. The molecule has 0 bridgehead atoms. The molecule has 0 radical (unpaired) electrons. The summed E-state index contributed by atoms with van der Waals surface area (Å²) in [5, 5.41) is 13.9. The van der Waals surface area contributed by atoms with Crippen molar-refractivity contribution in [2.75, 3.05) is 135 Å². The van der Waals surface area contributed by atoms with Crippen molar-refractivity contribution < 1.29 is 72.2 Å². The van der Waals surface area contributed by atoms with Crippen LogP contribution in [0, 0.1) is 0 Å². The minimum atomic E-state index is -1.63. The number of hydrogen-bond donors (Lipinski definition) is 3. The van der Waals surface area contributed by atoms with Crippen molar-refractivity contribution in [3.05, 3.63) is 0 Å². The minimum absolute atomic E-state index is 0.146. The average molecular weight is 939 g/mol. The van der Waals surface area contributed by atoms with Gasteiger partial charge in [-0.1, -0.05) is 6.92 Å². The molecule has 66 heavy (non-hydrogen) atoms. The summed E-state index contributed by atoms with van der Waals surface area (Å²) in [7, 11) is 11.9. The van der Waals surface area contributed by atoms with E-state index in [9.17, 15) is 72.2 Å². The van der Waals surface area contributed by atoms with Gasteiger partial charge in [0.15, 0.2) is 6.04 Å². The van der Waals surface area contributed by atoms with Gasteiger partial charge in [0, 0.05) is 89.2 Å². The molecule has 0 aromatic heterocycles. The standard InChI is InChI=1S/C39H62N12O15/c1-11-28(54)43(3)17-32(58)45(5)19-34(60)47(7)21-36(62)49(9)23-38(64)50(10)24-37(63)48(8)22-35(61)46(6)20-33(59)44(4)18-31(57)42(2)16-27(53)41-15-26(52)40-14-25(39(65)66)51-29(55)12-13-30(51)56/h25H,11-24H2,1-10H3,(H,40,52)(H,41,53)(H,65,66)/t25-/m0/s1. The predicted molar refractivity (Wildman–Crippen MR) is 228 cm³/mol. The first kappa shape index (κ1) is 56.8. The summed E-state index contributed by atoms with van der Waals surface area (Å²) < 4.78 is 0. The van der Waals surface area contributed by atoms with Crippen LogP contribution in [0.25, 0.3) is 0 Å². The third-order valence-corrected chi connectivity index (χ3v) is 10.1. The molecule has 1 heterocycles. The number of hydrogen-bond acceptors (Lipinski definition) is 14. The van der Waals surface area contributed by atoms with E-state index in [1.165, 1.54) is 68.3 Å². The zero-order chi connectivity index (χ0) is 50.7. The van der Waals surface area contributed by atoms with Gasteiger partial charge in [-0.25, -0.2) is 4.79 Å². The van der Waals surface area contributed by atoms with Gasteiger partial charge in [-0.15, -0.1) is 0 Å². The first-order valence-corrected chi connectivity index (χ1v) is 20.4. The molecule has 27 heteroatoms. The Morgan fingerprint density at radius 3 is 0.955 bits per heavy atom. The number of imide groups is 1. The second-order valence-electron chi connectivity index (χ2n) is 15.7. The summed E-state index contributed by atoms with van der Waals surface area (Å²) in [6.07, 6.45) is -0.0824. The van der Waals surface area contributed by atoms with Gasteiger partial charge in [0.05, 0.1) is 65.4 Å². The molecular formula is C39H62N12O15. The van der Waals surface area contributed by atoms with E-state index >= 15 is 0 Å². The maximum absolute atomic E-state index is 12.9. The molecule has 1 rings (SSSR count). The lowest BCUT2D eigenvalue weighted by atomic mass is 10.2. The van der Waals surface area contributed by atoms with Crippen molar-refractivity contribution in [1.82, 2.24) is 59.6 Å². The molecule has 27 nitrogen and oxygen atoms in total. The molecule has 368 valence electrons. The normalized spacial score (nSPS) is 12.2. The Labute approximate surface area is 381 Å². The van der Waals surface area contributed by atoms with Crippen LogP contribution in [0.5, 0.6) is 0 Å². The molecule has 1 aliphatic heterocycles. The smallest absolute Gasteiger partial charge is 0.328 e. The third-order valence-electron chi connectivity index (χ3n) is 10.1. The topological polar surface area (TPSA) is 316 Å². The molecule has 0 aliphatic carbocycles. The van der Waals surface area contributed by atoms with Gasteiger partial charge < -0.3 is 59.8 Å². The van der Waals surface area contributed by atoms with E-state index in [4.69, 9.17) is 0 Å². The SMILES string of the molecule is CCC(=O)N(C)CC(=O)N(C)CC(=O)N(C)CC(=O)N(C)CC(=O)N(C)CC(=O)N(C)CC(=O)N(C)CC(=O)N(C)CC(=O)N(C)CC(=O)NCC(=O)NC[C@@H](C(=O)O)N1C(=O)CCC1=O. The summed E-state index contributed by atoms with van der Waals surface area (Å²) in [6.45, 7) is -3.55. The van der Waals surface area contributed by atoms with Crippen molar-refractivity contribution in [1.29, 1.82) is 0 Å². The molecule has 1 atom stereocenters. The number of amides is 13. The molecule has 1 saturated heterocycles. The number of nitrogens with one attached hydrogen (secondary N) is 2. The molecular weight excluding hydrogens is 876 g/mol. The predicted octanol–water partition coefficient (Wildman–Crippen LogP) is -6.64. The second-order valence-corrected chi connectivity index (χ2v) is 15.7. The van der Waals surface area contributed by atoms with Crippen LogP contribution in [-0.4, -0.2) is 278 Å². The summed E-state index contributed by atoms with van der Waals surface area (Å²) in [5.41, 5.74) is 0. The summed E-state index contributed by atoms with van der Waals surface area (Å²) in [6, 6.07) is -1.63. The van der Waals surface area contributed by atoms with Crippen LogP contribution >= 0.6 is 0 Å². The van der Waals surface area contributed by atoms with Crippen molar-refractivity contribution >= 4 is 82.8 Å². The Hall–Kier alpha value is -7.22. The number of carboxylic acids is 1. The van der Waals surface area contributed by atoms with Crippen LogP contribution in [0.1, 0.15) is 26.2 Å². The van der Waals surface area contributed by atoms with Crippen molar-refractivity contribution in [2.45, 2.75) is 32.2 Å². The molecule has 0 spiro atoms. The van der Waals surface area contributed by atoms with Gasteiger partial charge in [-0.05, 0) is 0 Å². The number of aliphatic carboxylic acids is 1. The summed E-state index contributed by atoms with van der Waals surface area (Å²) in [5.74, 6) is -9.73. The molecule has 0 aromatic carbocycles. The van der Waals surface area contributed by atoms with E-state index in [2.05, 4.69) is 10.6 Å². The van der Waals surface area contributed by atoms with Gasteiger partial charge in [0.2, 0.25) is 76.8 Å². The van der Waals surface area contributed by atoms with Crippen LogP contribution in [0.4, 0.5) is 0 Å². The molecule has 1 fully saturated rings.